The average Bonchev–Trinajstić information content (AvgIpc) is 2.79. The molecule has 6 heteroatoms. The Kier molecular flexibility index (Phi) is 7.17. The molecule has 0 bridgehead atoms. The lowest BCUT2D eigenvalue weighted by Gasteiger charge is -1.85. The van der Waals surface area contributed by atoms with Crippen molar-refractivity contribution in [3.8, 4) is 0 Å². The molecule has 0 spiro atoms. The molecule has 0 amide bonds. The third kappa shape index (κ3) is 7.34. The summed E-state index contributed by atoms with van der Waals surface area (Å²) < 4.78 is 8.84. The molecular weight excluding hydrogens is 216 g/mol. The zero-order chi connectivity index (χ0) is 12.4. The topological polar surface area (TPSA) is 97.0 Å². The lowest BCUT2D eigenvalue weighted by Crippen LogP contribution is -1.96. The zero-order valence-corrected chi connectivity index (χ0v) is 8.62. The van der Waals surface area contributed by atoms with Crippen molar-refractivity contribution in [3.05, 3.63) is 36.3 Å². The Morgan fingerprint density at radius 2 is 2.19 bits per heavy atom. The minimum absolute atomic E-state index is 0.00694. The summed E-state index contributed by atoms with van der Waals surface area (Å²) in [5, 5.41) is 16.3. The van der Waals surface area contributed by atoms with Gasteiger partial charge in [-0.05, 0) is 12.1 Å². The Hall–Kier alpha value is -2.08. The molecule has 0 saturated carbocycles. The lowest BCUT2D eigenvalue weighted by molar-refractivity contribution is -0.136. The van der Waals surface area contributed by atoms with Gasteiger partial charge in [0.2, 0.25) is 0 Å². The Morgan fingerprint density at radius 3 is 2.50 bits per heavy atom. The number of carboxylic acids is 1. The molecule has 0 aliphatic heterocycles. The number of ether oxygens (including phenoxy) is 1. The fraction of sp³-hybridized carbons (Fsp3) is 0.200. The van der Waals surface area contributed by atoms with E-state index in [0.717, 1.165) is 6.08 Å². The van der Waals surface area contributed by atoms with E-state index in [0.29, 0.717) is 11.8 Å². The molecule has 0 aromatic carbocycles. The van der Waals surface area contributed by atoms with E-state index in [4.69, 9.17) is 14.6 Å². The molecule has 1 rings (SSSR count). The molecule has 88 valence electrons. The summed E-state index contributed by atoms with van der Waals surface area (Å²) in [6.07, 6.45) is 3.08. The number of aliphatic hydroxyl groups is 1. The fourth-order valence-corrected chi connectivity index (χ4v) is 0.610. The average molecular weight is 228 g/mol. The summed E-state index contributed by atoms with van der Waals surface area (Å²) in [5.74, 6) is -1.22. The largest absolute Gasteiger partial charge is 0.478 e. The number of esters is 1. The van der Waals surface area contributed by atoms with Gasteiger partial charge < -0.3 is 19.4 Å². The van der Waals surface area contributed by atoms with Gasteiger partial charge in [-0.25, -0.2) is 9.59 Å². The fourth-order valence-electron chi connectivity index (χ4n) is 0.610. The van der Waals surface area contributed by atoms with Crippen LogP contribution in [-0.4, -0.2) is 29.3 Å². The van der Waals surface area contributed by atoms with Crippen LogP contribution in [0.3, 0.4) is 0 Å². The van der Waals surface area contributed by atoms with E-state index in [2.05, 4.69) is 4.74 Å². The molecular formula is C10H12O6. The molecule has 0 aliphatic carbocycles. The van der Waals surface area contributed by atoms with Crippen LogP contribution in [0.5, 0.6) is 0 Å². The monoisotopic (exact) mass is 228 g/mol. The molecule has 1 aromatic heterocycles. The Balaban J connectivity index is 0.000000288. The van der Waals surface area contributed by atoms with Gasteiger partial charge in [-0.1, -0.05) is 0 Å². The van der Waals surface area contributed by atoms with Gasteiger partial charge in [-0.3, -0.25) is 0 Å². The SMILES string of the molecule is COC(=O)/C=C/C(=O)O.OCc1ccco1. The zero-order valence-electron chi connectivity index (χ0n) is 8.62. The molecule has 6 nitrogen and oxygen atoms in total. The van der Waals surface area contributed by atoms with Crippen LogP contribution in [0.1, 0.15) is 5.76 Å². The maximum atomic E-state index is 10.1. The number of carbonyl (C=O) groups excluding carboxylic acids is 1. The molecule has 0 aliphatic rings. The summed E-state index contributed by atoms with van der Waals surface area (Å²) in [7, 11) is 1.18. The van der Waals surface area contributed by atoms with E-state index >= 15 is 0 Å². The normalized spacial score (nSPS) is 9.38. The second-order valence-electron chi connectivity index (χ2n) is 2.43. The molecule has 0 unspecified atom stereocenters. The summed E-state index contributed by atoms with van der Waals surface area (Å²) in [6.45, 7) is -0.00694. The molecule has 0 fully saturated rings. The summed E-state index contributed by atoms with van der Waals surface area (Å²) in [5.41, 5.74) is 0. The van der Waals surface area contributed by atoms with Crippen LogP contribution in [0.25, 0.3) is 0 Å². The van der Waals surface area contributed by atoms with E-state index in [1.807, 2.05) is 0 Å². The molecule has 0 saturated heterocycles. The predicted octanol–water partition coefficient (Wildman–Crippen LogP) is 0.572. The molecule has 16 heavy (non-hydrogen) atoms. The summed E-state index contributed by atoms with van der Waals surface area (Å²) in [4.78, 5) is 19.9. The van der Waals surface area contributed by atoms with Crippen LogP contribution >= 0.6 is 0 Å². The van der Waals surface area contributed by atoms with Gasteiger partial charge in [0.05, 0.1) is 13.4 Å². The van der Waals surface area contributed by atoms with Crippen LogP contribution in [0, 0.1) is 0 Å². The maximum Gasteiger partial charge on any atom is 0.330 e. The van der Waals surface area contributed by atoms with E-state index in [-0.39, 0.29) is 6.61 Å². The Bertz CT molecular complexity index is 338. The number of aliphatic carboxylic acids is 1. The number of carbonyl (C=O) groups is 2. The number of aliphatic hydroxyl groups excluding tert-OH is 1. The van der Waals surface area contributed by atoms with Crippen molar-refractivity contribution in [2.75, 3.05) is 7.11 Å². The van der Waals surface area contributed by atoms with Gasteiger partial charge in [0, 0.05) is 12.2 Å². The van der Waals surface area contributed by atoms with Crippen LogP contribution < -0.4 is 0 Å². The Labute approximate surface area is 91.8 Å². The third-order valence-corrected chi connectivity index (χ3v) is 1.30. The third-order valence-electron chi connectivity index (χ3n) is 1.30. The number of hydrogen-bond donors (Lipinski definition) is 2. The van der Waals surface area contributed by atoms with E-state index in [1.165, 1.54) is 13.4 Å². The summed E-state index contributed by atoms with van der Waals surface area (Å²) >= 11 is 0. The molecule has 1 heterocycles. The molecule has 1 aromatic rings. The summed E-state index contributed by atoms with van der Waals surface area (Å²) in [6, 6.07) is 3.46. The molecule has 0 radical (unpaired) electrons. The first kappa shape index (κ1) is 13.9. The first-order valence-corrected chi connectivity index (χ1v) is 4.22. The van der Waals surface area contributed by atoms with Gasteiger partial charge in [-0.15, -0.1) is 0 Å². The van der Waals surface area contributed by atoms with Crippen molar-refractivity contribution in [2.45, 2.75) is 6.61 Å². The smallest absolute Gasteiger partial charge is 0.330 e. The van der Waals surface area contributed by atoms with Crippen molar-refractivity contribution in [1.29, 1.82) is 0 Å². The van der Waals surface area contributed by atoms with E-state index in [9.17, 15) is 9.59 Å². The van der Waals surface area contributed by atoms with Crippen LogP contribution in [0.15, 0.2) is 35.0 Å². The Morgan fingerprint density at radius 1 is 1.50 bits per heavy atom. The maximum absolute atomic E-state index is 10.1. The predicted molar refractivity (Wildman–Crippen MR) is 53.4 cm³/mol. The molecule has 2 N–H and O–H groups in total. The second kappa shape index (κ2) is 8.25. The van der Waals surface area contributed by atoms with Gasteiger partial charge in [0.15, 0.2) is 0 Å². The highest BCUT2D eigenvalue weighted by Crippen LogP contribution is 1.96. The highest BCUT2D eigenvalue weighted by molar-refractivity contribution is 5.90. The van der Waals surface area contributed by atoms with E-state index < -0.39 is 11.9 Å². The first-order chi connectivity index (χ1) is 7.60. The van der Waals surface area contributed by atoms with Crippen LogP contribution in [-0.2, 0) is 20.9 Å². The lowest BCUT2D eigenvalue weighted by atomic mass is 10.5. The second-order valence-corrected chi connectivity index (χ2v) is 2.43. The van der Waals surface area contributed by atoms with Gasteiger partial charge in [0.25, 0.3) is 0 Å². The van der Waals surface area contributed by atoms with Crippen molar-refractivity contribution in [1.82, 2.24) is 0 Å². The number of methoxy groups -OCH3 is 1. The van der Waals surface area contributed by atoms with Crippen molar-refractivity contribution in [2.24, 2.45) is 0 Å². The van der Waals surface area contributed by atoms with Gasteiger partial charge in [0.1, 0.15) is 12.4 Å². The highest BCUT2D eigenvalue weighted by atomic mass is 16.5. The van der Waals surface area contributed by atoms with E-state index in [1.54, 1.807) is 12.1 Å². The van der Waals surface area contributed by atoms with Crippen molar-refractivity contribution in [3.63, 3.8) is 0 Å². The number of rotatable bonds is 3. The van der Waals surface area contributed by atoms with Crippen LogP contribution in [0.4, 0.5) is 0 Å². The standard InChI is InChI=1S/C5H6O4.C5H6O2/c1-9-5(8)3-2-4(6)7;6-4-5-2-1-3-7-5/h2-3H,1H3,(H,6,7);1-3,6H,4H2/b3-2+;. The molecule has 0 atom stereocenters. The first-order valence-electron chi connectivity index (χ1n) is 4.22. The number of hydrogen-bond acceptors (Lipinski definition) is 5. The van der Waals surface area contributed by atoms with Gasteiger partial charge >= 0.3 is 11.9 Å². The van der Waals surface area contributed by atoms with Crippen LogP contribution in [0.2, 0.25) is 0 Å². The minimum atomic E-state index is -1.17. The quantitative estimate of drug-likeness (QED) is 0.580. The number of furan rings is 1. The number of carboxylic acid groups (broad SMARTS) is 1. The minimum Gasteiger partial charge on any atom is -0.478 e. The van der Waals surface area contributed by atoms with Crippen molar-refractivity contribution >= 4 is 11.9 Å². The highest BCUT2D eigenvalue weighted by Gasteiger charge is 1.91. The van der Waals surface area contributed by atoms with Gasteiger partial charge in [-0.2, -0.15) is 0 Å². The van der Waals surface area contributed by atoms with Crippen molar-refractivity contribution < 1.29 is 29.0 Å².